The van der Waals surface area contributed by atoms with E-state index in [4.69, 9.17) is 0 Å². The van der Waals surface area contributed by atoms with Crippen molar-refractivity contribution in [2.45, 2.75) is 19.8 Å². The molecule has 1 aliphatic rings. The predicted octanol–water partition coefficient (Wildman–Crippen LogP) is 3.81. The van der Waals surface area contributed by atoms with Gasteiger partial charge in [-0.25, -0.2) is 8.78 Å². The third-order valence-electron chi connectivity index (χ3n) is 2.06. The van der Waals surface area contributed by atoms with Crippen LogP contribution in [0.3, 0.4) is 0 Å². The van der Waals surface area contributed by atoms with Crippen LogP contribution in [0.5, 0.6) is 0 Å². The van der Waals surface area contributed by atoms with E-state index in [9.17, 15) is 8.78 Å². The van der Waals surface area contributed by atoms with E-state index in [2.05, 4.69) is 0 Å². The van der Waals surface area contributed by atoms with E-state index in [0.717, 1.165) is 0 Å². The monoisotopic (exact) mass is 190 g/mol. The molecule has 0 N–H and O–H groups in total. The fourth-order valence-electron chi connectivity index (χ4n) is 1.24. The maximum atomic E-state index is 13.1. The topological polar surface area (TPSA) is 0 Å². The summed E-state index contributed by atoms with van der Waals surface area (Å²) < 4.78 is 26.2. The summed E-state index contributed by atoms with van der Waals surface area (Å²) in [7, 11) is 0. The molecule has 0 nitrogen and oxygen atoms in total. The lowest BCUT2D eigenvalue weighted by Gasteiger charge is -2.17. The van der Waals surface area contributed by atoms with Crippen molar-refractivity contribution in [3.05, 3.63) is 22.6 Å². The SMILES string of the molecule is CCC1CC(F)=C(SC)C=C1F. The summed E-state index contributed by atoms with van der Waals surface area (Å²) >= 11 is 1.26. The molecule has 68 valence electrons. The van der Waals surface area contributed by atoms with Crippen LogP contribution in [0.4, 0.5) is 8.78 Å². The minimum Gasteiger partial charge on any atom is -0.211 e. The largest absolute Gasteiger partial charge is 0.211 e. The zero-order valence-electron chi connectivity index (χ0n) is 7.23. The van der Waals surface area contributed by atoms with Crippen LogP contribution in [0, 0.1) is 5.92 Å². The van der Waals surface area contributed by atoms with Crippen LogP contribution in [0.1, 0.15) is 19.8 Å². The Kier molecular flexibility index (Phi) is 3.32. The Bertz CT molecular complexity index is 231. The van der Waals surface area contributed by atoms with Crippen LogP contribution < -0.4 is 0 Å². The predicted molar refractivity (Wildman–Crippen MR) is 49.2 cm³/mol. The first-order valence-electron chi connectivity index (χ1n) is 3.98. The zero-order valence-corrected chi connectivity index (χ0v) is 8.05. The second-order valence-corrected chi connectivity index (χ2v) is 3.66. The van der Waals surface area contributed by atoms with Crippen molar-refractivity contribution in [3.8, 4) is 0 Å². The van der Waals surface area contributed by atoms with Gasteiger partial charge in [-0.15, -0.1) is 11.8 Å². The van der Waals surface area contributed by atoms with E-state index in [1.54, 1.807) is 6.26 Å². The molecule has 0 spiro atoms. The van der Waals surface area contributed by atoms with E-state index in [-0.39, 0.29) is 24.0 Å². The van der Waals surface area contributed by atoms with Crippen LogP contribution in [-0.2, 0) is 0 Å². The summed E-state index contributed by atoms with van der Waals surface area (Å²) in [6, 6.07) is 0. The summed E-state index contributed by atoms with van der Waals surface area (Å²) in [4.78, 5) is 0.442. The molecule has 0 radical (unpaired) electrons. The second kappa shape index (κ2) is 4.08. The molecule has 0 amide bonds. The molecule has 0 heterocycles. The van der Waals surface area contributed by atoms with Gasteiger partial charge in [0.1, 0.15) is 11.7 Å². The van der Waals surface area contributed by atoms with Gasteiger partial charge < -0.3 is 0 Å². The number of hydrogen-bond donors (Lipinski definition) is 0. The third-order valence-corrected chi connectivity index (χ3v) is 2.84. The van der Waals surface area contributed by atoms with Crippen LogP contribution in [0.15, 0.2) is 22.6 Å². The van der Waals surface area contributed by atoms with Gasteiger partial charge in [0, 0.05) is 17.2 Å². The van der Waals surface area contributed by atoms with Crippen molar-refractivity contribution in [3.63, 3.8) is 0 Å². The third kappa shape index (κ3) is 1.89. The van der Waals surface area contributed by atoms with Gasteiger partial charge in [0.2, 0.25) is 0 Å². The molecular formula is C9H12F2S. The molecule has 1 atom stereocenters. The summed E-state index contributed by atoms with van der Waals surface area (Å²) in [6.45, 7) is 1.87. The number of rotatable bonds is 2. The Morgan fingerprint density at radius 2 is 2.25 bits per heavy atom. The number of thioether (sulfide) groups is 1. The summed E-state index contributed by atoms with van der Waals surface area (Å²) in [5.74, 6) is -0.583. The first-order chi connectivity index (χ1) is 5.69. The minimum absolute atomic E-state index is 0.171. The van der Waals surface area contributed by atoms with Gasteiger partial charge in [-0.05, 0) is 18.8 Å². The Labute approximate surface area is 75.7 Å². The molecule has 0 aromatic carbocycles. The van der Waals surface area contributed by atoms with Crippen LogP contribution in [-0.4, -0.2) is 6.26 Å². The van der Waals surface area contributed by atoms with Gasteiger partial charge in [-0.3, -0.25) is 0 Å². The average molecular weight is 190 g/mol. The van der Waals surface area contributed by atoms with Gasteiger partial charge in [0.15, 0.2) is 0 Å². The normalized spacial score (nSPS) is 24.3. The van der Waals surface area contributed by atoms with Gasteiger partial charge in [-0.2, -0.15) is 0 Å². The Hall–Kier alpha value is -0.310. The van der Waals surface area contributed by atoms with Crippen molar-refractivity contribution in [2.24, 2.45) is 5.92 Å². The smallest absolute Gasteiger partial charge is 0.114 e. The average Bonchev–Trinajstić information content (AvgIpc) is 2.08. The minimum atomic E-state index is -0.235. The first kappa shape index (κ1) is 9.78. The highest BCUT2D eigenvalue weighted by atomic mass is 32.2. The molecule has 1 aliphatic carbocycles. The highest BCUT2D eigenvalue weighted by molar-refractivity contribution is 8.02. The second-order valence-electron chi connectivity index (χ2n) is 2.81. The first-order valence-corrected chi connectivity index (χ1v) is 5.21. The molecular weight excluding hydrogens is 178 g/mol. The summed E-state index contributed by atoms with van der Waals surface area (Å²) in [5.41, 5.74) is 0. The van der Waals surface area contributed by atoms with Crippen molar-refractivity contribution >= 4 is 11.8 Å². The molecule has 0 saturated heterocycles. The highest BCUT2D eigenvalue weighted by Crippen LogP contribution is 2.36. The standard InChI is InChI=1S/C9H12F2S/c1-3-6-4-8(11)9(12-2)5-7(6)10/h5-6H,3-4H2,1-2H3. The number of allylic oxidation sites excluding steroid dienone is 3. The lowest BCUT2D eigenvalue weighted by atomic mass is 9.96. The zero-order chi connectivity index (χ0) is 9.14. The fraction of sp³-hybridized carbons (Fsp3) is 0.556. The van der Waals surface area contributed by atoms with E-state index < -0.39 is 0 Å². The van der Waals surface area contributed by atoms with Crippen molar-refractivity contribution in [1.82, 2.24) is 0 Å². The molecule has 12 heavy (non-hydrogen) atoms. The van der Waals surface area contributed by atoms with Crippen LogP contribution in [0.2, 0.25) is 0 Å². The van der Waals surface area contributed by atoms with Gasteiger partial charge in [0.05, 0.1) is 0 Å². The van der Waals surface area contributed by atoms with Crippen LogP contribution >= 0.6 is 11.8 Å². The number of hydrogen-bond acceptors (Lipinski definition) is 1. The molecule has 0 aromatic rings. The maximum absolute atomic E-state index is 13.1. The number of halogens is 2. The maximum Gasteiger partial charge on any atom is 0.114 e. The van der Waals surface area contributed by atoms with E-state index in [0.29, 0.717) is 11.3 Å². The van der Waals surface area contributed by atoms with E-state index in [1.807, 2.05) is 6.92 Å². The van der Waals surface area contributed by atoms with Crippen molar-refractivity contribution in [2.75, 3.05) is 6.26 Å². The summed E-state index contributed by atoms with van der Waals surface area (Å²) in [5, 5.41) is 0. The molecule has 3 heteroatoms. The van der Waals surface area contributed by atoms with Gasteiger partial charge in [0.25, 0.3) is 0 Å². The van der Waals surface area contributed by atoms with Gasteiger partial charge >= 0.3 is 0 Å². The highest BCUT2D eigenvalue weighted by Gasteiger charge is 2.21. The Morgan fingerprint density at radius 1 is 1.58 bits per heavy atom. The fourth-order valence-corrected chi connectivity index (χ4v) is 1.78. The Balaban J connectivity index is 2.83. The quantitative estimate of drug-likeness (QED) is 0.638. The molecule has 0 aliphatic heterocycles. The van der Waals surface area contributed by atoms with E-state index >= 15 is 0 Å². The summed E-state index contributed by atoms with van der Waals surface area (Å²) in [6.07, 6.45) is 3.97. The van der Waals surface area contributed by atoms with Crippen molar-refractivity contribution < 1.29 is 8.78 Å². The lowest BCUT2D eigenvalue weighted by Crippen LogP contribution is -2.05. The molecule has 1 unspecified atom stereocenters. The Morgan fingerprint density at radius 3 is 2.75 bits per heavy atom. The molecule has 1 rings (SSSR count). The lowest BCUT2D eigenvalue weighted by molar-refractivity contribution is 0.407. The molecule has 0 bridgehead atoms. The molecule has 0 aromatic heterocycles. The van der Waals surface area contributed by atoms with Crippen LogP contribution in [0.25, 0.3) is 0 Å². The van der Waals surface area contributed by atoms with Crippen molar-refractivity contribution in [1.29, 1.82) is 0 Å². The molecule has 0 saturated carbocycles. The van der Waals surface area contributed by atoms with E-state index in [1.165, 1.54) is 17.8 Å². The molecule has 0 fully saturated rings. The van der Waals surface area contributed by atoms with Gasteiger partial charge in [-0.1, -0.05) is 6.92 Å².